The van der Waals surface area contributed by atoms with Crippen LogP contribution in [0.2, 0.25) is 0 Å². The van der Waals surface area contributed by atoms with Crippen LogP contribution >= 0.6 is 0 Å². The minimum atomic E-state index is -1.000. The monoisotopic (exact) mass is 1000 g/mol. The van der Waals surface area contributed by atoms with Crippen LogP contribution in [0.5, 0.6) is 11.8 Å². The molecule has 2 saturated carbocycles. The predicted molar refractivity (Wildman–Crippen MR) is 269 cm³/mol. The van der Waals surface area contributed by atoms with Crippen LogP contribution < -0.4 is 25.2 Å². The molecule has 8 fully saturated rings. The predicted octanol–water partition coefficient (Wildman–Crippen LogP) is 8.14. The van der Waals surface area contributed by atoms with Crippen molar-refractivity contribution in [1.82, 2.24) is 35.4 Å². The molecule has 8 heterocycles. The number of carbonyl (C=O) groups excluding carboxylic acids is 2. The summed E-state index contributed by atoms with van der Waals surface area (Å²) in [5.74, 6) is -4.03. The van der Waals surface area contributed by atoms with E-state index in [1.54, 1.807) is 18.3 Å². The number of amides is 2. The lowest BCUT2D eigenvalue weighted by Crippen LogP contribution is -2.67. The van der Waals surface area contributed by atoms with Gasteiger partial charge in [0.15, 0.2) is 5.82 Å². The summed E-state index contributed by atoms with van der Waals surface area (Å²) < 4.78 is 69.6. The summed E-state index contributed by atoms with van der Waals surface area (Å²) in [5, 5.41) is 18.3. The lowest BCUT2D eigenvalue weighted by molar-refractivity contribution is -0.134. The van der Waals surface area contributed by atoms with Crippen molar-refractivity contribution in [2.75, 3.05) is 75.3 Å². The summed E-state index contributed by atoms with van der Waals surface area (Å²) in [7, 11) is 0. The van der Waals surface area contributed by atoms with E-state index in [1.807, 2.05) is 6.92 Å². The highest BCUT2D eigenvalue weighted by atomic mass is 19.1. The average Bonchev–Trinajstić information content (AvgIpc) is 4.04. The fraction of sp³-hybridized carbons (Fsp3) is 0.554. The fourth-order valence-corrected chi connectivity index (χ4v) is 14.2. The first kappa shape index (κ1) is 47.1. The number of halogens is 4. The van der Waals surface area contributed by atoms with E-state index >= 15 is 17.6 Å². The van der Waals surface area contributed by atoms with Gasteiger partial charge in [-0.3, -0.25) is 24.8 Å². The number of hydrogen-bond acceptors (Lipinski definition) is 12. The Labute approximate surface area is 422 Å². The zero-order chi connectivity index (χ0) is 50.0. The molecule has 2 bridgehead atoms. The van der Waals surface area contributed by atoms with Crippen LogP contribution in [0.15, 0.2) is 42.6 Å². The van der Waals surface area contributed by atoms with Crippen LogP contribution in [0.3, 0.4) is 0 Å². The SMILES string of the molecule is CCc1c(F)ccc2cc(O)cc(-c3ncc4c(N5CC6CCC(C5)N6)nc(OCC5(CN6CCC7(CC6)CN(C6CC8(CCN(c9cc(F)c(C%10CCC(=O)NC%10=O)c(F)c9)CC8)C6)C7)CC5)nc4c3F)c12. The van der Waals surface area contributed by atoms with Crippen LogP contribution in [0.4, 0.5) is 29.1 Å². The molecule has 6 saturated heterocycles. The average molecular weight is 1000 g/mol. The Kier molecular flexibility index (Phi) is 11.4. The summed E-state index contributed by atoms with van der Waals surface area (Å²) in [5.41, 5.74) is 1.69. The first-order valence-electron chi connectivity index (χ1n) is 26.7. The first-order chi connectivity index (χ1) is 35.2. The fourth-order valence-electron chi connectivity index (χ4n) is 14.2. The molecule has 5 aromatic rings. The summed E-state index contributed by atoms with van der Waals surface area (Å²) in [6.07, 6.45) is 13.0. The number of piperazine rings is 1. The first-order valence-corrected chi connectivity index (χ1v) is 26.7. The summed E-state index contributed by atoms with van der Waals surface area (Å²) in [4.78, 5) is 47.9. The van der Waals surface area contributed by atoms with Gasteiger partial charge in [-0.05, 0) is 148 Å². The number of aromatic hydroxyl groups is 1. The van der Waals surface area contributed by atoms with Gasteiger partial charge in [-0.15, -0.1) is 0 Å². The Bertz CT molecular complexity index is 3010. The highest BCUT2D eigenvalue weighted by Crippen LogP contribution is 2.55. The van der Waals surface area contributed by atoms with Gasteiger partial charge in [-0.2, -0.15) is 9.97 Å². The van der Waals surface area contributed by atoms with Crippen molar-refractivity contribution < 1.29 is 37.0 Å². The maximum absolute atomic E-state index is 17.2. The molecular weight excluding hydrogens is 939 g/mol. The van der Waals surface area contributed by atoms with Gasteiger partial charge in [0, 0.05) is 98.8 Å². The number of imide groups is 1. The number of anilines is 2. The van der Waals surface area contributed by atoms with E-state index in [-0.39, 0.29) is 52.2 Å². The molecule has 0 radical (unpaired) electrons. The molecule has 2 aliphatic carbocycles. The van der Waals surface area contributed by atoms with Crippen LogP contribution in [0, 0.1) is 39.5 Å². The van der Waals surface area contributed by atoms with Crippen LogP contribution in [0.1, 0.15) is 101 Å². The van der Waals surface area contributed by atoms with Crippen LogP contribution in [-0.2, 0) is 16.0 Å². The Morgan fingerprint density at radius 2 is 1.53 bits per heavy atom. The van der Waals surface area contributed by atoms with Gasteiger partial charge in [0.25, 0.3) is 0 Å². The molecule has 2 spiro atoms. The lowest BCUT2D eigenvalue weighted by Gasteiger charge is -2.63. The number of phenolic OH excluding ortho intramolecular Hbond substituents is 1. The van der Waals surface area contributed by atoms with E-state index in [0.717, 1.165) is 97.4 Å². The van der Waals surface area contributed by atoms with Gasteiger partial charge >= 0.3 is 6.01 Å². The molecule has 8 aliphatic rings. The van der Waals surface area contributed by atoms with Crippen molar-refractivity contribution in [3.63, 3.8) is 0 Å². The number of nitrogens with zero attached hydrogens (tertiary/aromatic N) is 7. The molecule has 3 aromatic carbocycles. The number of hydrogen-bond donors (Lipinski definition) is 3. The molecule has 2 aromatic heterocycles. The highest BCUT2D eigenvalue weighted by Gasteiger charge is 2.55. The summed E-state index contributed by atoms with van der Waals surface area (Å²) in [6.45, 7) is 10.5. The highest BCUT2D eigenvalue weighted by molar-refractivity contribution is 6.02. The third-order valence-electron chi connectivity index (χ3n) is 18.6. The second kappa shape index (κ2) is 17.7. The zero-order valence-electron chi connectivity index (χ0n) is 41.4. The molecule has 384 valence electrons. The molecule has 2 amide bonds. The number of piperidine rings is 3. The van der Waals surface area contributed by atoms with Crippen molar-refractivity contribution in [2.24, 2.45) is 16.2 Å². The van der Waals surface area contributed by atoms with Crippen molar-refractivity contribution in [1.29, 1.82) is 0 Å². The number of pyridine rings is 1. The van der Waals surface area contributed by atoms with E-state index < -0.39 is 41.0 Å². The molecule has 73 heavy (non-hydrogen) atoms. The third-order valence-corrected chi connectivity index (χ3v) is 18.6. The molecule has 6 aliphatic heterocycles. The lowest BCUT2D eigenvalue weighted by atomic mass is 9.58. The largest absolute Gasteiger partial charge is 0.508 e. The van der Waals surface area contributed by atoms with Crippen molar-refractivity contribution in [3.8, 4) is 23.0 Å². The number of carbonyl (C=O) groups is 2. The number of benzene rings is 3. The minimum Gasteiger partial charge on any atom is -0.508 e. The van der Waals surface area contributed by atoms with E-state index in [4.69, 9.17) is 14.7 Å². The number of aromatic nitrogens is 3. The molecule has 3 unspecified atom stereocenters. The van der Waals surface area contributed by atoms with Crippen LogP contribution in [0.25, 0.3) is 32.9 Å². The van der Waals surface area contributed by atoms with Crippen molar-refractivity contribution >= 4 is 45.0 Å². The molecule has 3 atom stereocenters. The maximum Gasteiger partial charge on any atom is 0.319 e. The van der Waals surface area contributed by atoms with Gasteiger partial charge in [0.2, 0.25) is 11.8 Å². The van der Waals surface area contributed by atoms with Crippen LogP contribution in [-0.4, -0.2) is 125 Å². The van der Waals surface area contributed by atoms with E-state index in [9.17, 15) is 14.7 Å². The molecular formula is C56H63F4N9O4. The second-order valence-corrected chi connectivity index (χ2v) is 23.4. The van der Waals surface area contributed by atoms with E-state index in [0.29, 0.717) is 75.4 Å². The topological polar surface area (TPSA) is 139 Å². The van der Waals surface area contributed by atoms with Gasteiger partial charge in [-0.25, -0.2) is 17.6 Å². The van der Waals surface area contributed by atoms with Crippen molar-refractivity contribution in [3.05, 3.63) is 77.0 Å². The minimum absolute atomic E-state index is 0.0109. The maximum atomic E-state index is 17.2. The quantitative estimate of drug-likeness (QED) is 0.0870. The molecule has 13 nitrogen and oxygen atoms in total. The second-order valence-electron chi connectivity index (χ2n) is 23.4. The number of aryl methyl sites for hydroxylation is 1. The Morgan fingerprint density at radius 3 is 2.22 bits per heavy atom. The molecule has 13 rings (SSSR count). The Hall–Kier alpha value is -5.65. The standard InChI is InChI=1S/C56H63F4N9O4/c1-2-38-42(57)7-3-32-19-37(70)22-40(46(32)38)49-48(60)50-41(25-61-49)51(68-26-33-4-5-34(27-68)62-33)65-53(64-50)73-31-56(9-10-56)28-66-15-11-55(12-16-66)29-69(30-55)36-23-54(24-36)13-17-67(18-14-54)35-20-43(58)47(44(59)21-35)39-6-8-45(71)63-52(39)72/h3,7,19-22,25,33-34,36,39,62,70H,2,4-6,8-18,23-24,26-31H2,1H3,(H,63,71,72). The summed E-state index contributed by atoms with van der Waals surface area (Å²) in [6, 6.07) is 10.0. The zero-order valence-corrected chi connectivity index (χ0v) is 41.4. The summed E-state index contributed by atoms with van der Waals surface area (Å²) >= 11 is 0. The number of ether oxygens (including phenoxy) is 1. The van der Waals surface area contributed by atoms with Crippen molar-refractivity contribution in [2.45, 2.75) is 114 Å². The van der Waals surface area contributed by atoms with Gasteiger partial charge < -0.3 is 29.9 Å². The molecule has 17 heteroatoms. The number of rotatable bonds is 11. The number of likely N-dealkylation sites (tertiary alicyclic amines) is 2. The third kappa shape index (κ3) is 8.45. The Balaban J connectivity index is 0.632. The Morgan fingerprint density at radius 1 is 0.822 bits per heavy atom. The van der Waals surface area contributed by atoms with E-state index in [1.165, 1.54) is 49.9 Å². The number of phenols is 1. The van der Waals surface area contributed by atoms with Gasteiger partial charge in [-0.1, -0.05) is 13.0 Å². The molecule has 3 N–H and O–H groups in total. The smallest absolute Gasteiger partial charge is 0.319 e. The van der Waals surface area contributed by atoms with Gasteiger partial charge in [0.05, 0.1) is 17.9 Å². The van der Waals surface area contributed by atoms with Gasteiger partial charge in [0.1, 0.15) is 40.2 Å². The number of fused-ring (bicyclic) bond motifs is 4. The van der Waals surface area contributed by atoms with E-state index in [2.05, 4.69) is 35.2 Å². The normalized spacial score (nSPS) is 25.6. The number of nitrogens with one attached hydrogen (secondary N) is 2.